The molecule has 1 saturated heterocycles. The molecule has 8 nitrogen and oxygen atoms in total. The van der Waals surface area contributed by atoms with Crippen LogP contribution in [0.5, 0.6) is 0 Å². The largest absolute Gasteiger partial charge is 0.333 e. The summed E-state index contributed by atoms with van der Waals surface area (Å²) in [4.78, 5) is 12.9. The number of thiophene rings is 1. The van der Waals surface area contributed by atoms with Crippen molar-refractivity contribution in [2.75, 3.05) is 18.4 Å². The quantitative estimate of drug-likeness (QED) is 0.604. The molecule has 3 aromatic rings. The minimum absolute atomic E-state index is 0.167. The molecule has 0 saturated carbocycles. The molecule has 30 heavy (non-hydrogen) atoms. The van der Waals surface area contributed by atoms with Gasteiger partial charge in [0.25, 0.3) is 10.0 Å². The van der Waals surface area contributed by atoms with Crippen LogP contribution in [0.4, 0.5) is 14.9 Å². The van der Waals surface area contributed by atoms with Crippen LogP contribution in [0.1, 0.15) is 17.7 Å². The minimum atomic E-state index is -3.46. The number of nitrogens with one attached hydrogen (secondary N) is 2. The molecule has 4 rings (SSSR count). The Bertz CT molecular complexity index is 1140. The summed E-state index contributed by atoms with van der Waals surface area (Å²) in [7, 11) is -3.46. The van der Waals surface area contributed by atoms with Crippen LogP contribution in [0.2, 0.25) is 0 Å². The first kappa shape index (κ1) is 20.5. The fraction of sp³-hybridized carbons (Fsp3) is 0.263. The Morgan fingerprint density at radius 1 is 1.20 bits per heavy atom. The fourth-order valence-corrected chi connectivity index (χ4v) is 6.14. The molecule has 1 fully saturated rings. The van der Waals surface area contributed by atoms with E-state index in [0.717, 1.165) is 24.2 Å². The van der Waals surface area contributed by atoms with Gasteiger partial charge in [0.05, 0.1) is 6.54 Å². The van der Waals surface area contributed by atoms with Gasteiger partial charge in [-0.3, -0.25) is 0 Å². The number of halogens is 1. The second kappa shape index (κ2) is 8.54. The van der Waals surface area contributed by atoms with Crippen LogP contribution in [-0.2, 0) is 16.6 Å². The van der Waals surface area contributed by atoms with Crippen LogP contribution in [-0.4, -0.2) is 41.6 Å². The lowest BCUT2D eigenvalue weighted by Crippen LogP contribution is -2.28. The van der Waals surface area contributed by atoms with Crippen LogP contribution in [0.3, 0.4) is 0 Å². The maximum absolute atomic E-state index is 14.3. The number of anilines is 1. The van der Waals surface area contributed by atoms with E-state index in [1.54, 1.807) is 36.7 Å². The second-order valence-electron chi connectivity index (χ2n) is 6.76. The third-order valence-electron chi connectivity index (χ3n) is 4.68. The number of sulfonamides is 1. The van der Waals surface area contributed by atoms with Gasteiger partial charge in [0.1, 0.15) is 9.90 Å². The first-order valence-corrected chi connectivity index (χ1v) is 11.6. The lowest BCUT2D eigenvalue weighted by molar-refractivity contribution is 0.252. The van der Waals surface area contributed by atoms with Crippen molar-refractivity contribution < 1.29 is 17.6 Å². The molecule has 0 atom stereocenters. The molecule has 1 aliphatic heterocycles. The highest BCUT2D eigenvalue weighted by Gasteiger charge is 2.28. The maximum Gasteiger partial charge on any atom is 0.319 e. The molecule has 0 aliphatic carbocycles. The number of nitrogens with zero attached hydrogens (tertiary/aromatic N) is 3. The number of rotatable bonds is 6. The first-order chi connectivity index (χ1) is 14.4. The Labute approximate surface area is 177 Å². The summed E-state index contributed by atoms with van der Waals surface area (Å²) >= 11 is 1.14. The van der Waals surface area contributed by atoms with E-state index < -0.39 is 21.9 Å². The molecular formula is C19H20FN5O3S2. The lowest BCUT2D eigenvalue weighted by atomic mass is 10.2. The number of amides is 2. The summed E-state index contributed by atoms with van der Waals surface area (Å²) < 4.78 is 42.6. The monoisotopic (exact) mass is 449 g/mol. The zero-order chi connectivity index (χ0) is 21.1. The van der Waals surface area contributed by atoms with Crippen molar-refractivity contribution in [1.82, 2.24) is 19.4 Å². The predicted octanol–water partition coefficient (Wildman–Crippen LogP) is 3.18. The van der Waals surface area contributed by atoms with Gasteiger partial charge < -0.3 is 10.6 Å². The SMILES string of the molecule is O=C(NCc1ccc(S(=O)(=O)N2CCCC2)s1)Nc1ccc(-n2cccn2)c(F)c1. The van der Waals surface area contributed by atoms with E-state index in [4.69, 9.17) is 0 Å². The number of urea groups is 1. The van der Waals surface area contributed by atoms with E-state index in [0.29, 0.717) is 23.7 Å². The first-order valence-electron chi connectivity index (χ1n) is 9.37. The summed E-state index contributed by atoms with van der Waals surface area (Å²) in [6.07, 6.45) is 4.92. The third kappa shape index (κ3) is 4.37. The van der Waals surface area contributed by atoms with Gasteiger partial charge in [0.15, 0.2) is 5.82 Å². The van der Waals surface area contributed by atoms with Crippen LogP contribution in [0.15, 0.2) is 53.0 Å². The Balaban J connectivity index is 1.34. The minimum Gasteiger partial charge on any atom is -0.333 e. The topological polar surface area (TPSA) is 96.3 Å². The Hall–Kier alpha value is -2.76. The van der Waals surface area contributed by atoms with Gasteiger partial charge in [-0.25, -0.2) is 22.3 Å². The van der Waals surface area contributed by atoms with Gasteiger partial charge in [-0.2, -0.15) is 9.40 Å². The molecule has 3 heterocycles. The van der Waals surface area contributed by atoms with E-state index in [2.05, 4.69) is 15.7 Å². The van der Waals surface area contributed by atoms with Crippen molar-refractivity contribution in [1.29, 1.82) is 0 Å². The molecule has 0 radical (unpaired) electrons. The van der Waals surface area contributed by atoms with Crippen LogP contribution >= 0.6 is 11.3 Å². The number of carbonyl (C=O) groups excluding carboxylic acids is 1. The standard InChI is InChI=1S/C19H20FN5O3S2/c20-16-12-14(4-6-17(16)25-11-3-8-22-25)23-19(26)21-13-15-5-7-18(29-15)30(27,28)24-9-1-2-10-24/h3-8,11-12H,1-2,9-10,13H2,(H2,21,23,26). The summed E-state index contributed by atoms with van der Waals surface area (Å²) in [6, 6.07) is 8.73. The fourth-order valence-electron chi connectivity index (χ4n) is 3.17. The highest BCUT2D eigenvalue weighted by molar-refractivity contribution is 7.91. The van der Waals surface area contributed by atoms with Gasteiger partial charge in [-0.1, -0.05) is 0 Å². The maximum atomic E-state index is 14.3. The van der Waals surface area contributed by atoms with Gasteiger partial charge in [0.2, 0.25) is 0 Å². The molecule has 158 valence electrons. The zero-order valence-electron chi connectivity index (χ0n) is 15.9. The van der Waals surface area contributed by atoms with Gasteiger partial charge in [-0.15, -0.1) is 11.3 Å². The van der Waals surface area contributed by atoms with Crippen molar-refractivity contribution in [3.8, 4) is 5.69 Å². The Morgan fingerprint density at radius 2 is 2.00 bits per heavy atom. The normalized spacial score (nSPS) is 14.7. The molecule has 0 spiro atoms. The third-order valence-corrected chi connectivity index (χ3v) is 8.13. The Kier molecular flexibility index (Phi) is 5.84. The number of hydrogen-bond acceptors (Lipinski definition) is 5. The van der Waals surface area contributed by atoms with E-state index in [1.807, 2.05) is 0 Å². The molecule has 1 aliphatic rings. The van der Waals surface area contributed by atoms with Crippen molar-refractivity contribution >= 4 is 33.1 Å². The number of benzene rings is 1. The smallest absolute Gasteiger partial charge is 0.319 e. The lowest BCUT2D eigenvalue weighted by Gasteiger charge is -2.13. The molecule has 2 aromatic heterocycles. The van der Waals surface area contributed by atoms with Crippen molar-refractivity contribution in [3.05, 3.63) is 59.5 Å². The summed E-state index contributed by atoms with van der Waals surface area (Å²) in [5.41, 5.74) is 0.570. The van der Waals surface area contributed by atoms with Crippen molar-refractivity contribution in [2.45, 2.75) is 23.6 Å². The average molecular weight is 450 g/mol. The molecule has 2 amide bonds. The summed E-state index contributed by atoms with van der Waals surface area (Å²) in [5, 5.41) is 9.20. The highest BCUT2D eigenvalue weighted by atomic mass is 32.2. The molecule has 11 heteroatoms. The van der Waals surface area contributed by atoms with E-state index in [9.17, 15) is 17.6 Å². The number of aromatic nitrogens is 2. The Morgan fingerprint density at radius 3 is 2.70 bits per heavy atom. The van der Waals surface area contributed by atoms with Gasteiger partial charge >= 0.3 is 6.03 Å². The van der Waals surface area contributed by atoms with Crippen LogP contribution in [0.25, 0.3) is 5.69 Å². The zero-order valence-corrected chi connectivity index (χ0v) is 17.5. The van der Waals surface area contributed by atoms with Crippen LogP contribution in [0, 0.1) is 5.82 Å². The second-order valence-corrected chi connectivity index (χ2v) is 10.1. The van der Waals surface area contributed by atoms with E-state index in [1.165, 1.54) is 21.1 Å². The van der Waals surface area contributed by atoms with Gasteiger partial charge in [-0.05, 0) is 49.2 Å². The summed E-state index contributed by atoms with van der Waals surface area (Å²) in [5.74, 6) is -0.522. The molecule has 0 bridgehead atoms. The van der Waals surface area contributed by atoms with Crippen LogP contribution < -0.4 is 10.6 Å². The molecule has 2 N–H and O–H groups in total. The summed E-state index contributed by atoms with van der Waals surface area (Å²) in [6.45, 7) is 1.26. The number of carbonyl (C=O) groups is 1. The highest BCUT2D eigenvalue weighted by Crippen LogP contribution is 2.27. The van der Waals surface area contributed by atoms with Gasteiger partial charge in [0, 0.05) is 36.0 Å². The van der Waals surface area contributed by atoms with Crippen molar-refractivity contribution in [3.63, 3.8) is 0 Å². The van der Waals surface area contributed by atoms with E-state index >= 15 is 0 Å². The van der Waals surface area contributed by atoms with E-state index in [-0.39, 0.29) is 16.4 Å². The predicted molar refractivity (Wildman–Crippen MR) is 112 cm³/mol. The molecular weight excluding hydrogens is 429 g/mol. The average Bonchev–Trinajstić information content (AvgIpc) is 3.49. The van der Waals surface area contributed by atoms with Crippen molar-refractivity contribution in [2.24, 2.45) is 0 Å². The number of hydrogen-bond donors (Lipinski definition) is 2. The molecule has 0 unspecified atom stereocenters. The molecule has 1 aromatic carbocycles.